The van der Waals surface area contributed by atoms with Gasteiger partial charge in [0, 0.05) is 26.2 Å². The van der Waals surface area contributed by atoms with Crippen LogP contribution in [0.2, 0.25) is 0 Å². The molecule has 0 amide bonds. The zero-order chi connectivity index (χ0) is 15.2. The minimum absolute atomic E-state index is 0.0274. The number of ether oxygens (including phenoxy) is 1. The molecular formula is C14H18N4O3. The fourth-order valence-corrected chi connectivity index (χ4v) is 2.05. The van der Waals surface area contributed by atoms with Crippen molar-refractivity contribution in [2.75, 3.05) is 18.5 Å². The molecule has 112 valence electrons. The molecule has 0 aliphatic heterocycles. The summed E-state index contributed by atoms with van der Waals surface area (Å²) in [5.41, 5.74) is 1.37. The first-order chi connectivity index (χ1) is 10.1. The number of benzene rings is 1. The molecule has 0 spiro atoms. The predicted octanol–water partition coefficient (Wildman–Crippen LogP) is 2.38. The third-order valence-corrected chi connectivity index (χ3v) is 2.95. The second-order valence-electron chi connectivity index (χ2n) is 4.50. The number of aryl methyl sites for hydroxylation is 1. The Morgan fingerprint density at radius 2 is 2.24 bits per heavy atom. The second kappa shape index (κ2) is 6.74. The van der Waals surface area contributed by atoms with Gasteiger partial charge >= 0.3 is 5.69 Å². The van der Waals surface area contributed by atoms with Crippen molar-refractivity contribution >= 4 is 11.4 Å². The monoisotopic (exact) mass is 290 g/mol. The molecule has 0 aliphatic carbocycles. The number of nitro benzene ring substituents is 1. The van der Waals surface area contributed by atoms with Crippen LogP contribution >= 0.6 is 0 Å². The summed E-state index contributed by atoms with van der Waals surface area (Å²) in [6, 6.07) is 6.94. The number of anilines is 1. The van der Waals surface area contributed by atoms with E-state index < -0.39 is 4.92 Å². The third kappa shape index (κ3) is 3.71. The summed E-state index contributed by atoms with van der Waals surface area (Å²) in [6.45, 7) is 2.75. The standard InChI is InChI=1S/C14H18N4O3/c1-3-21-13-6-4-5-12(14(13)18(19)20)15-9-7-11-8-10-17(2)16-11/h4-6,8,10,15H,3,7,9H2,1-2H3. The molecule has 0 bridgehead atoms. The van der Waals surface area contributed by atoms with E-state index in [1.807, 2.05) is 19.3 Å². The van der Waals surface area contributed by atoms with Gasteiger partial charge in [0.25, 0.3) is 0 Å². The first-order valence-corrected chi connectivity index (χ1v) is 6.74. The fourth-order valence-electron chi connectivity index (χ4n) is 2.05. The van der Waals surface area contributed by atoms with Crippen molar-refractivity contribution in [1.82, 2.24) is 9.78 Å². The molecule has 2 rings (SSSR count). The summed E-state index contributed by atoms with van der Waals surface area (Å²) < 4.78 is 7.04. The largest absolute Gasteiger partial charge is 0.487 e. The van der Waals surface area contributed by atoms with Gasteiger partial charge in [-0.3, -0.25) is 14.8 Å². The van der Waals surface area contributed by atoms with Gasteiger partial charge in [0.05, 0.1) is 17.2 Å². The van der Waals surface area contributed by atoms with Crippen LogP contribution in [0.4, 0.5) is 11.4 Å². The van der Waals surface area contributed by atoms with E-state index in [2.05, 4.69) is 10.4 Å². The maximum atomic E-state index is 11.2. The van der Waals surface area contributed by atoms with Gasteiger partial charge in [-0.25, -0.2) is 0 Å². The molecule has 0 aliphatic rings. The number of aromatic nitrogens is 2. The Balaban J connectivity index is 2.08. The average molecular weight is 290 g/mol. The Kier molecular flexibility index (Phi) is 4.76. The van der Waals surface area contributed by atoms with E-state index in [-0.39, 0.29) is 11.4 Å². The van der Waals surface area contributed by atoms with Crippen LogP contribution in [0, 0.1) is 10.1 Å². The van der Waals surface area contributed by atoms with E-state index in [0.717, 1.165) is 5.69 Å². The smallest absolute Gasteiger partial charge is 0.333 e. The zero-order valence-corrected chi connectivity index (χ0v) is 12.1. The minimum Gasteiger partial charge on any atom is -0.487 e. The summed E-state index contributed by atoms with van der Waals surface area (Å²) in [6.07, 6.45) is 2.56. The molecule has 21 heavy (non-hydrogen) atoms. The van der Waals surface area contributed by atoms with Crippen molar-refractivity contribution in [2.24, 2.45) is 7.05 Å². The van der Waals surface area contributed by atoms with Crippen LogP contribution in [0.5, 0.6) is 5.75 Å². The van der Waals surface area contributed by atoms with Gasteiger partial charge in [-0.2, -0.15) is 5.10 Å². The summed E-state index contributed by atoms with van der Waals surface area (Å²) in [4.78, 5) is 10.8. The number of para-hydroxylation sites is 1. The molecule has 1 N–H and O–H groups in total. The molecule has 1 heterocycles. The number of nitrogens with zero attached hydrogens (tertiary/aromatic N) is 3. The van der Waals surface area contributed by atoms with Gasteiger partial charge in [-0.15, -0.1) is 0 Å². The molecule has 7 nitrogen and oxygen atoms in total. The minimum atomic E-state index is -0.423. The fraction of sp³-hybridized carbons (Fsp3) is 0.357. The number of nitrogens with one attached hydrogen (secondary N) is 1. The highest BCUT2D eigenvalue weighted by Gasteiger charge is 2.20. The van der Waals surface area contributed by atoms with E-state index in [4.69, 9.17) is 4.74 Å². The molecule has 0 fully saturated rings. The lowest BCUT2D eigenvalue weighted by Crippen LogP contribution is -2.08. The maximum absolute atomic E-state index is 11.2. The Labute approximate surface area is 122 Å². The van der Waals surface area contributed by atoms with Crippen molar-refractivity contribution < 1.29 is 9.66 Å². The molecule has 2 aromatic rings. The molecule has 0 saturated heterocycles. The number of nitro groups is 1. The molecule has 0 atom stereocenters. The first-order valence-electron chi connectivity index (χ1n) is 6.74. The quantitative estimate of drug-likeness (QED) is 0.625. The summed E-state index contributed by atoms with van der Waals surface area (Å²) >= 11 is 0. The van der Waals surface area contributed by atoms with Crippen LogP contribution in [-0.4, -0.2) is 27.9 Å². The Morgan fingerprint density at radius 1 is 1.43 bits per heavy atom. The van der Waals surface area contributed by atoms with Crippen molar-refractivity contribution in [1.29, 1.82) is 0 Å². The third-order valence-electron chi connectivity index (χ3n) is 2.95. The Bertz CT molecular complexity index is 624. The van der Waals surface area contributed by atoms with Crippen molar-refractivity contribution in [3.63, 3.8) is 0 Å². The lowest BCUT2D eigenvalue weighted by molar-refractivity contribution is -0.384. The van der Waals surface area contributed by atoms with Gasteiger partial charge in [0.2, 0.25) is 0 Å². The summed E-state index contributed by atoms with van der Waals surface area (Å²) in [5, 5.41) is 18.6. The number of hydrogen-bond acceptors (Lipinski definition) is 5. The highest BCUT2D eigenvalue weighted by molar-refractivity contribution is 5.68. The number of rotatable bonds is 7. The topological polar surface area (TPSA) is 82.2 Å². The number of hydrogen-bond donors (Lipinski definition) is 1. The molecule has 1 aromatic carbocycles. The van der Waals surface area contributed by atoms with Crippen molar-refractivity contribution in [2.45, 2.75) is 13.3 Å². The Morgan fingerprint density at radius 3 is 2.86 bits per heavy atom. The van der Waals surface area contributed by atoms with Crippen LogP contribution in [0.25, 0.3) is 0 Å². The van der Waals surface area contributed by atoms with Gasteiger partial charge < -0.3 is 10.1 Å². The van der Waals surface area contributed by atoms with Gasteiger partial charge in [0.1, 0.15) is 5.69 Å². The molecule has 0 radical (unpaired) electrons. The Hall–Kier alpha value is -2.57. The van der Waals surface area contributed by atoms with Crippen molar-refractivity contribution in [3.05, 3.63) is 46.3 Å². The molecular weight excluding hydrogens is 272 g/mol. The summed E-state index contributed by atoms with van der Waals surface area (Å²) in [5.74, 6) is 0.283. The lowest BCUT2D eigenvalue weighted by Gasteiger charge is -2.09. The van der Waals surface area contributed by atoms with Crippen molar-refractivity contribution in [3.8, 4) is 5.75 Å². The highest BCUT2D eigenvalue weighted by atomic mass is 16.6. The normalized spacial score (nSPS) is 10.4. The van der Waals surface area contributed by atoms with Crippen LogP contribution in [-0.2, 0) is 13.5 Å². The van der Waals surface area contributed by atoms with Crippen LogP contribution in [0.1, 0.15) is 12.6 Å². The molecule has 0 saturated carbocycles. The second-order valence-corrected chi connectivity index (χ2v) is 4.50. The van der Waals surface area contributed by atoms with E-state index in [1.54, 1.807) is 29.8 Å². The van der Waals surface area contributed by atoms with E-state index in [0.29, 0.717) is 25.3 Å². The van der Waals surface area contributed by atoms with Gasteiger partial charge in [0.15, 0.2) is 5.75 Å². The van der Waals surface area contributed by atoms with Gasteiger partial charge in [-0.05, 0) is 25.1 Å². The van der Waals surface area contributed by atoms with E-state index in [1.165, 1.54) is 0 Å². The van der Waals surface area contributed by atoms with E-state index in [9.17, 15) is 10.1 Å². The average Bonchev–Trinajstić information content (AvgIpc) is 2.85. The van der Waals surface area contributed by atoms with Crippen LogP contribution in [0.15, 0.2) is 30.5 Å². The van der Waals surface area contributed by atoms with Gasteiger partial charge in [-0.1, -0.05) is 6.07 Å². The van der Waals surface area contributed by atoms with E-state index >= 15 is 0 Å². The SMILES string of the molecule is CCOc1cccc(NCCc2ccn(C)n2)c1[N+](=O)[O-]. The predicted molar refractivity (Wildman–Crippen MR) is 79.7 cm³/mol. The lowest BCUT2D eigenvalue weighted by atomic mass is 10.2. The first kappa shape index (κ1) is 14.8. The summed E-state index contributed by atoms with van der Waals surface area (Å²) in [7, 11) is 1.85. The maximum Gasteiger partial charge on any atom is 0.333 e. The molecule has 1 aromatic heterocycles. The van der Waals surface area contributed by atoms with Crippen LogP contribution in [0.3, 0.4) is 0 Å². The highest BCUT2D eigenvalue weighted by Crippen LogP contribution is 2.34. The van der Waals surface area contributed by atoms with Crippen LogP contribution < -0.4 is 10.1 Å². The molecule has 7 heteroatoms. The molecule has 0 unspecified atom stereocenters. The zero-order valence-electron chi connectivity index (χ0n) is 12.1.